The molecule has 1 amide bonds. The normalized spacial score (nSPS) is 18.1. The van der Waals surface area contributed by atoms with Crippen molar-refractivity contribution in [1.82, 2.24) is 5.32 Å². The molecule has 0 aliphatic heterocycles. The van der Waals surface area contributed by atoms with E-state index in [4.69, 9.17) is 0 Å². The minimum Gasteiger partial charge on any atom is -0.356 e. The fourth-order valence-corrected chi connectivity index (χ4v) is 2.63. The van der Waals surface area contributed by atoms with E-state index in [0.717, 1.165) is 18.6 Å². The van der Waals surface area contributed by atoms with Crippen LogP contribution in [0.5, 0.6) is 0 Å². The van der Waals surface area contributed by atoms with Crippen LogP contribution in [0, 0.1) is 5.41 Å². The number of nitrogens with one attached hydrogen (secondary N) is 1. The lowest BCUT2D eigenvalue weighted by Gasteiger charge is -2.11. The van der Waals surface area contributed by atoms with Crippen LogP contribution in [0.15, 0.2) is 0 Å². The number of carbonyl (C=O) groups excluding carboxylic acids is 1. The summed E-state index contributed by atoms with van der Waals surface area (Å²) < 4.78 is 21.7. The van der Waals surface area contributed by atoms with Gasteiger partial charge in [-0.2, -0.15) is 12.6 Å². The first-order chi connectivity index (χ1) is 7.37. The first-order valence-corrected chi connectivity index (χ1v) is 8.11. The van der Waals surface area contributed by atoms with Crippen LogP contribution in [-0.4, -0.2) is 38.6 Å². The number of hydrogen-bond donors (Lipinski definition) is 2. The van der Waals surface area contributed by atoms with E-state index < -0.39 is 9.84 Å². The molecule has 1 aliphatic rings. The highest BCUT2D eigenvalue weighted by molar-refractivity contribution is 7.90. The summed E-state index contributed by atoms with van der Waals surface area (Å²) >= 11 is 4.23. The summed E-state index contributed by atoms with van der Waals surface area (Å²) in [6, 6.07) is 0. The molecule has 1 N–H and O–H groups in total. The van der Waals surface area contributed by atoms with Gasteiger partial charge in [-0.05, 0) is 30.4 Å². The molecule has 16 heavy (non-hydrogen) atoms. The van der Waals surface area contributed by atoms with Crippen LogP contribution in [0.4, 0.5) is 0 Å². The Bertz CT molecular complexity index is 347. The number of carbonyl (C=O) groups is 1. The fraction of sp³-hybridized carbons (Fsp3) is 0.900. The molecular formula is C10H19NO3S2. The molecule has 0 aromatic carbocycles. The Hall–Kier alpha value is -0.230. The molecule has 1 fully saturated rings. The Labute approximate surface area is 103 Å². The lowest BCUT2D eigenvalue weighted by atomic mass is 10.1. The van der Waals surface area contributed by atoms with Gasteiger partial charge < -0.3 is 5.32 Å². The second-order valence-electron chi connectivity index (χ2n) is 4.67. The Morgan fingerprint density at radius 2 is 2.06 bits per heavy atom. The highest BCUT2D eigenvalue weighted by Gasteiger charge is 2.42. The average molecular weight is 265 g/mol. The van der Waals surface area contributed by atoms with Crippen LogP contribution >= 0.6 is 12.6 Å². The summed E-state index contributed by atoms with van der Waals surface area (Å²) in [5.74, 6) is 0.898. The van der Waals surface area contributed by atoms with Gasteiger partial charge in [0.25, 0.3) is 0 Å². The summed E-state index contributed by atoms with van der Waals surface area (Å²) in [5, 5.41) is 2.75. The molecule has 0 radical (unpaired) electrons. The maximum Gasteiger partial charge on any atom is 0.220 e. The van der Waals surface area contributed by atoms with E-state index in [1.54, 1.807) is 0 Å². The predicted octanol–water partition coefficient (Wildman–Crippen LogP) is 0.637. The standard InChI is InChI=1S/C10H19NO3S2/c1-16(13,14)6-2-5-11-9(12)7-10(8-15)3-4-10/h15H,2-8H2,1H3,(H,11,12). The van der Waals surface area contributed by atoms with Crippen molar-refractivity contribution in [3.8, 4) is 0 Å². The second-order valence-corrected chi connectivity index (χ2v) is 7.24. The Morgan fingerprint density at radius 3 is 2.50 bits per heavy atom. The van der Waals surface area contributed by atoms with Gasteiger partial charge in [0.05, 0.1) is 5.75 Å². The number of amides is 1. The molecule has 4 nitrogen and oxygen atoms in total. The number of sulfone groups is 1. The number of hydrogen-bond acceptors (Lipinski definition) is 4. The highest BCUT2D eigenvalue weighted by Crippen LogP contribution is 2.49. The maximum atomic E-state index is 11.5. The van der Waals surface area contributed by atoms with E-state index in [1.165, 1.54) is 6.26 Å². The summed E-state index contributed by atoms with van der Waals surface area (Å²) in [6.45, 7) is 0.439. The van der Waals surface area contributed by atoms with E-state index in [2.05, 4.69) is 17.9 Å². The smallest absolute Gasteiger partial charge is 0.220 e. The third kappa shape index (κ3) is 5.21. The lowest BCUT2D eigenvalue weighted by Crippen LogP contribution is -2.28. The summed E-state index contributed by atoms with van der Waals surface area (Å²) in [4.78, 5) is 11.5. The van der Waals surface area contributed by atoms with Crippen molar-refractivity contribution in [3.05, 3.63) is 0 Å². The summed E-state index contributed by atoms with van der Waals surface area (Å²) in [7, 11) is -2.91. The SMILES string of the molecule is CS(=O)(=O)CCCNC(=O)CC1(CS)CC1. The summed E-state index contributed by atoms with van der Waals surface area (Å²) in [5.41, 5.74) is 0.129. The quantitative estimate of drug-likeness (QED) is 0.524. The number of thiol groups is 1. The van der Waals surface area contributed by atoms with Gasteiger partial charge in [-0.3, -0.25) is 4.79 Å². The van der Waals surface area contributed by atoms with Crippen LogP contribution in [0.3, 0.4) is 0 Å². The van der Waals surface area contributed by atoms with Crippen molar-refractivity contribution in [2.45, 2.75) is 25.7 Å². The van der Waals surface area contributed by atoms with Crippen LogP contribution in [0.25, 0.3) is 0 Å². The topological polar surface area (TPSA) is 63.2 Å². The van der Waals surface area contributed by atoms with E-state index in [1.807, 2.05) is 0 Å². The molecule has 0 spiro atoms. The minimum absolute atomic E-state index is 0.0139. The summed E-state index contributed by atoms with van der Waals surface area (Å²) in [6.07, 6.45) is 4.36. The molecular weight excluding hydrogens is 246 g/mol. The maximum absolute atomic E-state index is 11.5. The molecule has 0 unspecified atom stereocenters. The molecule has 0 aromatic rings. The first kappa shape index (κ1) is 13.8. The molecule has 1 rings (SSSR count). The van der Waals surface area contributed by atoms with Gasteiger partial charge in [0, 0.05) is 19.2 Å². The van der Waals surface area contributed by atoms with Crippen LogP contribution in [-0.2, 0) is 14.6 Å². The van der Waals surface area contributed by atoms with Crippen LogP contribution < -0.4 is 5.32 Å². The predicted molar refractivity (Wildman–Crippen MR) is 67.5 cm³/mol. The van der Waals surface area contributed by atoms with E-state index >= 15 is 0 Å². The number of rotatable bonds is 7. The largest absolute Gasteiger partial charge is 0.356 e. The molecule has 6 heteroatoms. The fourth-order valence-electron chi connectivity index (χ4n) is 1.53. The van der Waals surface area contributed by atoms with Gasteiger partial charge in [-0.15, -0.1) is 0 Å². The third-order valence-electron chi connectivity index (χ3n) is 2.84. The Kier molecular flexibility index (Phi) is 4.67. The van der Waals surface area contributed by atoms with E-state index in [9.17, 15) is 13.2 Å². The molecule has 1 aliphatic carbocycles. The second kappa shape index (κ2) is 5.40. The van der Waals surface area contributed by atoms with E-state index in [0.29, 0.717) is 19.4 Å². The van der Waals surface area contributed by atoms with Gasteiger partial charge in [0.2, 0.25) is 5.91 Å². The monoisotopic (exact) mass is 265 g/mol. The van der Waals surface area contributed by atoms with Gasteiger partial charge in [0.1, 0.15) is 9.84 Å². The van der Waals surface area contributed by atoms with Gasteiger partial charge in [-0.25, -0.2) is 8.42 Å². The average Bonchev–Trinajstić information content (AvgIpc) is 2.92. The minimum atomic E-state index is -2.91. The van der Waals surface area contributed by atoms with E-state index in [-0.39, 0.29) is 17.1 Å². The highest BCUT2D eigenvalue weighted by atomic mass is 32.2. The molecule has 0 saturated heterocycles. The van der Waals surface area contributed by atoms with Crippen molar-refractivity contribution in [2.24, 2.45) is 5.41 Å². The van der Waals surface area contributed by atoms with Crippen LogP contribution in [0.1, 0.15) is 25.7 Å². The van der Waals surface area contributed by atoms with Crippen molar-refractivity contribution in [2.75, 3.05) is 24.3 Å². The lowest BCUT2D eigenvalue weighted by molar-refractivity contribution is -0.122. The Balaban J connectivity index is 2.12. The van der Waals surface area contributed by atoms with Crippen molar-refractivity contribution >= 4 is 28.4 Å². The zero-order valence-corrected chi connectivity index (χ0v) is 11.2. The molecule has 94 valence electrons. The third-order valence-corrected chi connectivity index (χ3v) is 4.54. The molecule has 0 heterocycles. The van der Waals surface area contributed by atoms with Crippen LogP contribution in [0.2, 0.25) is 0 Å². The molecule has 0 aromatic heterocycles. The molecule has 0 bridgehead atoms. The molecule has 1 saturated carbocycles. The molecule has 0 atom stereocenters. The zero-order chi connectivity index (χ0) is 12.2. The van der Waals surface area contributed by atoms with Crippen molar-refractivity contribution in [3.63, 3.8) is 0 Å². The Morgan fingerprint density at radius 1 is 1.44 bits per heavy atom. The van der Waals surface area contributed by atoms with Gasteiger partial charge >= 0.3 is 0 Å². The van der Waals surface area contributed by atoms with Crippen molar-refractivity contribution < 1.29 is 13.2 Å². The first-order valence-electron chi connectivity index (χ1n) is 5.42. The van der Waals surface area contributed by atoms with Crippen molar-refractivity contribution in [1.29, 1.82) is 0 Å². The van der Waals surface area contributed by atoms with Gasteiger partial charge in [-0.1, -0.05) is 0 Å². The van der Waals surface area contributed by atoms with Gasteiger partial charge in [0.15, 0.2) is 0 Å². The zero-order valence-electron chi connectivity index (χ0n) is 9.53.